The second-order valence-corrected chi connectivity index (χ2v) is 5.15. The number of hydrogen-bond acceptors (Lipinski definition) is 4. The average molecular weight is 260 g/mol. The molecule has 100 valence electrons. The number of nitrogens with zero attached hydrogens (tertiary/aromatic N) is 4. The van der Waals surface area contributed by atoms with Crippen LogP contribution in [-0.4, -0.2) is 30.7 Å². The second kappa shape index (κ2) is 4.60. The maximum atomic E-state index is 11.4. The lowest BCUT2D eigenvalue weighted by atomic mass is 9.79. The fraction of sp³-hybridized carbons (Fsp3) is 0.538. The summed E-state index contributed by atoms with van der Waals surface area (Å²) >= 11 is 0. The lowest BCUT2D eigenvalue weighted by molar-refractivity contribution is -0.143. The summed E-state index contributed by atoms with van der Waals surface area (Å²) < 4.78 is 1.82. The molecule has 2 unspecified atom stereocenters. The van der Waals surface area contributed by atoms with Crippen molar-refractivity contribution in [3.8, 4) is 0 Å². The van der Waals surface area contributed by atoms with E-state index in [-0.39, 0.29) is 11.8 Å². The van der Waals surface area contributed by atoms with E-state index in [4.69, 9.17) is 0 Å². The molecule has 1 aliphatic rings. The molecule has 2 atom stereocenters. The molecule has 0 spiro atoms. The number of aryl methyl sites for hydroxylation is 1. The van der Waals surface area contributed by atoms with Crippen molar-refractivity contribution in [2.24, 2.45) is 5.92 Å². The standard InChI is InChI=1S/C13H16N4O2/c1-8-6-11-15-16-12(17(11)7-14-8)9-4-2-3-5-10(9)13(18)19/h6-7,9-10H,2-5H2,1H3,(H,18,19). The van der Waals surface area contributed by atoms with Gasteiger partial charge in [0.25, 0.3) is 0 Å². The minimum atomic E-state index is -0.735. The normalized spacial score (nSPS) is 23.6. The van der Waals surface area contributed by atoms with Crippen LogP contribution >= 0.6 is 0 Å². The van der Waals surface area contributed by atoms with E-state index in [0.29, 0.717) is 6.42 Å². The zero-order valence-electron chi connectivity index (χ0n) is 10.8. The minimum absolute atomic E-state index is 0.0641. The largest absolute Gasteiger partial charge is 0.481 e. The van der Waals surface area contributed by atoms with Gasteiger partial charge in [0.15, 0.2) is 5.65 Å². The van der Waals surface area contributed by atoms with Crippen LogP contribution < -0.4 is 0 Å². The first kappa shape index (κ1) is 12.1. The lowest BCUT2D eigenvalue weighted by Crippen LogP contribution is -2.26. The quantitative estimate of drug-likeness (QED) is 0.890. The molecule has 0 saturated heterocycles. The zero-order valence-corrected chi connectivity index (χ0v) is 10.8. The molecular weight excluding hydrogens is 244 g/mol. The van der Waals surface area contributed by atoms with Gasteiger partial charge in [-0.05, 0) is 19.8 Å². The van der Waals surface area contributed by atoms with Crippen molar-refractivity contribution in [3.05, 3.63) is 23.9 Å². The van der Waals surface area contributed by atoms with Crippen molar-refractivity contribution in [3.63, 3.8) is 0 Å². The Labute approximate surface area is 110 Å². The summed E-state index contributed by atoms with van der Waals surface area (Å²) in [4.78, 5) is 15.6. The molecule has 2 aromatic heterocycles. The van der Waals surface area contributed by atoms with Gasteiger partial charge in [-0.15, -0.1) is 10.2 Å². The molecule has 0 aliphatic heterocycles. The van der Waals surface area contributed by atoms with Gasteiger partial charge in [-0.25, -0.2) is 4.98 Å². The van der Waals surface area contributed by atoms with Crippen molar-refractivity contribution in [2.75, 3.05) is 0 Å². The van der Waals surface area contributed by atoms with Gasteiger partial charge in [0.2, 0.25) is 0 Å². The molecule has 1 saturated carbocycles. The first-order valence-corrected chi connectivity index (χ1v) is 6.57. The highest BCUT2D eigenvalue weighted by Crippen LogP contribution is 2.37. The van der Waals surface area contributed by atoms with E-state index in [0.717, 1.165) is 36.4 Å². The Morgan fingerprint density at radius 1 is 1.37 bits per heavy atom. The maximum absolute atomic E-state index is 11.4. The van der Waals surface area contributed by atoms with E-state index in [2.05, 4.69) is 15.2 Å². The summed E-state index contributed by atoms with van der Waals surface area (Å²) in [7, 11) is 0. The van der Waals surface area contributed by atoms with Crippen LogP contribution in [-0.2, 0) is 4.79 Å². The van der Waals surface area contributed by atoms with Crippen LogP contribution in [0.15, 0.2) is 12.4 Å². The van der Waals surface area contributed by atoms with E-state index in [1.807, 2.05) is 17.4 Å². The Bertz CT molecular complexity index is 622. The number of fused-ring (bicyclic) bond motifs is 1. The van der Waals surface area contributed by atoms with E-state index in [9.17, 15) is 9.90 Å². The monoisotopic (exact) mass is 260 g/mol. The number of rotatable bonds is 2. The van der Waals surface area contributed by atoms with E-state index >= 15 is 0 Å². The molecule has 1 N–H and O–H groups in total. The maximum Gasteiger partial charge on any atom is 0.307 e. The molecule has 0 amide bonds. The van der Waals surface area contributed by atoms with Crippen LogP contribution in [0.2, 0.25) is 0 Å². The second-order valence-electron chi connectivity index (χ2n) is 5.15. The predicted octanol–water partition coefficient (Wildman–Crippen LogP) is 1.79. The average Bonchev–Trinajstić information content (AvgIpc) is 2.81. The van der Waals surface area contributed by atoms with Crippen molar-refractivity contribution in [1.82, 2.24) is 19.6 Å². The number of aromatic nitrogens is 4. The minimum Gasteiger partial charge on any atom is -0.481 e. The van der Waals surface area contributed by atoms with Crippen molar-refractivity contribution in [1.29, 1.82) is 0 Å². The van der Waals surface area contributed by atoms with Gasteiger partial charge < -0.3 is 5.11 Å². The molecule has 0 radical (unpaired) electrons. The van der Waals surface area contributed by atoms with Gasteiger partial charge in [0.1, 0.15) is 12.2 Å². The number of carbonyl (C=O) groups is 1. The Kier molecular flexibility index (Phi) is 2.93. The predicted molar refractivity (Wildman–Crippen MR) is 67.9 cm³/mol. The summed E-state index contributed by atoms with van der Waals surface area (Å²) in [5.74, 6) is -0.427. The van der Waals surface area contributed by atoms with Crippen LogP contribution in [0.1, 0.15) is 43.1 Å². The SMILES string of the molecule is Cc1cc2nnc(C3CCCCC3C(=O)O)n2cn1. The molecular formula is C13H16N4O2. The number of carboxylic acid groups (broad SMARTS) is 1. The van der Waals surface area contributed by atoms with Crippen molar-refractivity contribution in [2.45, 2.75) is 38.5 Å². The van der Waals surface area contributed by atoms with E-state index < -0.39 is 5.97 Å². The molecule has 6 nitrogen and oxygen atoms in total. The first-order valence-electron chi connectivity index (χ1n) is 6.57. The molecule has 2 aromatic rings. The summed E-state index contributed by atoms with van der Waals surface area (Å²) in [6.45, 7) is 1.90. The highest BCUT2D eigenvalue weighted by molar-refractivity contribution is 5.71. The summed E-state index contributed by atoms with van der Waals surface area (Å²) in [5, 5.41) is 17.7. The van der Waals surface area contributed by atoms with Crippen LogP contribution in [0, 0.1) is 12.8 Å². The molecule has 0 bridgehead atoms. The van der Waals surface area contributed by atoms with Crippen LogP contribution in [0.4, 0.5) is 0 Å². The van der Waals surface area contributed by atoms with Gasteiger partial charge >= 0.3 is 5.97 Å². The number of hydrogen-bond donors (Lipinski definition) is 1. The molecule has 3 rings (SSSR count). The number of aliphatic carboxylic acids is 1. The van der Waals surface area contributed by atoms with Crippen LogP contribution in [0.3, 0.4) is 0 Å². The smallest absolute Gasteiger partial charge is 0.307 e. The third kappa shape index (κ3) is 2.07. The van der Waals surface area contributed by atoms with Gasteiger partial charge in [-0.3, -0.25) is 9.20 Å². The van der Waals surface area contributed by atoms with Crippen LogP contribution in [0.25, 0.3) is 5.65 Å². The molecule has 1 aliphatic carbocycles. The summed E-state index contributed by atoms with van der Waals surface area (Å²) in [6.07, 6.45) is 5.28. The van der Waals surface area contributed by atoms with Gasteiger partial charge in [-0.1, -0.05) is 12.8 Å². The third-order valence-electron chi connectivity index (χ3n) is 3.88. The highest BCUT2D eigenvalue weighted by Gasteiger charge is 2.34. The van der Waals surface area contributed by atoms with Gasteiger partial charge in [0.05, 0.1) is 5.92 Å². The molecule has 19 heavy (non-hydrogen) atoms. The molecule has 0 aromatic carbocycles. The van der Waals surface area contributed by atoms with Crippen molar-refractivity contribution < 1.29 is 9.90 Å². The fourth-order valence-electron chi connectivity index (χ4n) is 2.89. The first-order chi connectivity index (χ1) is 9.16. The topological polar surface area (TPSA) is 80.4 Å². The Morgan fingerprint density at radius 3 is 2.95 bits per heavy atom. The van der Waals surface area contributed by atoms with Gasteiger partial charge in [0, 0.05) is 17.7 Å². The zero-order chi connectivity index (χ0) is 13.4. The van der Waals surface area contributed by atoms with Gasteiger partial charge in [-0.2, -0.15) is 0 Å². The Balaban J connectivity index is 2.04. The summed E-state index contributed by atoms with van der Waals surface area (Å²) in [5.41, 5.74) is 1.61. The van der Waals surface area contributed by atoms with E-state index in [1.165, 1.54) is 0 Å². The number of carboxylic acids is 1. The summed E-state index contributed by atoms with van der Waals surface area (Å²) in [6, 6.07) is 1.86. The highest BCUT2D eigenvalue weighted by atomic mass is 16.4. The van der Waals surface area contributed by atoms with Crippen molar-refractivity contribution >= 4 is 11.6 Å². The third-order valence-corrected chi connectivity index (χ3v) is 3.88. The lowest BCUT2D eigenvalue weighted by Gasteiger charge is -2.26. The molecule has 2 heterocycles. The Morgan fingerprint density at radius 2 is 2.16 bits per heavy atom. The van der Waals surface area contributed by atoms with Crippen LogP contribution in [0.5, 0.6) is 0 Å². The fourth-order valence-corrected chi connectivity index (χ4v) is 2.89. The molecule has 6 heteroatoms. The van der Waals surface area contributed by atoms with E-state index in [1.54, 1.807) is 6.33 Å². The molecule has 1 fully saturated rings. The Hall–Kier alpha value is -1.98.